The third-order valence-electron chi connectivity index (χ3n) is 4.37. The molecular formula is C20H23NO3. The van der Waals surface area contributed by atoms with E-state index in [-0.39, 0.29) is 5.91 Å². The van der Waals surface area contributed by atoms with Crippen molar-refractivity contribution in [2.24, 2.45) is 0 Å². The van der Waals surface area contributed by atoms with Crippen LogP contribution < -0.4 is 9.64 Å². The van der Waals surface area contributed by atoms with Crippen molar-refractivity contribution < 1.29 is 14.3 Å². The van der Waals surface area contributed by atoms with Crippen LogP contribution in [0.4, 0.5) is 5.69 Å². The van der Waals surface area contributed by atoms with Gasteiger partial charge in [-0.05, 0) is 43.2 Å². The molecule has 1 unspecified atom stereocenters. The van der Waals surface area contributed by atoms with Crippen LogP contribution in [-0.2, 0) is 4.74 Å². The molecule has 0 aliphatic carbocycles. The lowest BCUT2D eigenvalue weighted by Crippen LogP contribution is -2.27. The van der Waals surface area contributed by atoms with E-state index >= 15 is 0 Å². The quantitative estimate of drug-likeness (QED) is 0.838. The zero-order chi connectivity index (χ0) is 16.9. The van der Waals surface area contributed by atoms with Gasteiger partial charge in [0.1, 0.15) is 5.75 Å². The van der Waals surface area contributed by atoms with E-state index < -0.39 is 0 Å². The van der Waals surface area contributed by atoms with Crippen LogP contribution >= 0.6 is 0 Å². The second-order valence-corrected chi connectivity index (χ2v) is 5.95. The Hall–Kier alpha value is -2.33. The van der Waals surface area contributed by atoms with Crippen LogP contribution in [0.15, 0.2) is 48.5 Å². The van der Waals surface area contributed by atoms with Gasteiger partial charge in [0.05, 0.1) is 18.9 Å². The van der Waals surface area contributed by atoms with E-state index in [4.69, 9.17) is 9.47 Å². The largest absolute Gasteiger partial charge is 0.492 e. The molecule has 3 rings (SSSR count). The Morgan fingerprint density at radius 3 is 2.83 bits per heavy atom. The minimum absolute atomic E-state index is 0.0390. The standard InChI is InChI=1S/C20H23NO3/c1-3-24-19-10-5-4-9-18(19)21(2)20(22)16-8-6-7-15(13-16)17-11-12-23-14-17/h4-10,13,17H,3,11-12,14H2,1-2H3. The summed E-state index contributed by atoms with van der Waals surface area (Å²) in [5.41, 5.74) is 2.64. The molecule has 0 spiro atoms. The predicted molar refractivity (Wildman–Crippen MR) is 95.0 cm³/mol. The summed E-state index contributed by atoms with van der Waals surface area (Å²) < 4.78 is 11.1. The summed E-state index contributed by atoms with van der Waals surface area (Å²) in [5.74, 6) is 1.07. The van der Waals surface area contributed by atoms with Crippen LogP contribution in [0.5, 0.6) is 5.75 Å². The Morgan fingerprint density at radius 1 is 1.25 bits per heavy atom. The summed E-state index contributed by atoms with van der Waals surface area (Å²) in [4.78, 5) is 14.6. The molecule has 1 aliphatic heterocycles. The van der Waals surface area contributed by atoms with Crippen LogP contribution in [-0.4, -0.2) is 32.8 Å². The molecule has 126 valence electrons. The van der Waals surface area contributed by atoms with Crippen LogP contribution in [0.3, 0.4) is 0 Å². The SMILES string of the molecule is CCOc1ccccc1N(C)C(=O)c1cccc(C2CCOC2)c1. The van der Waals surface area contributed by atoms with Gasteiger partial charge in [-0.3, -0.25) is 4.79 Å². The van der Waals surface area contributed by atoms with Gasteiger partial charge in [0, 0.05) is 25.1 Å². The Balaban J connectivity index is 1.84. The second kappa shape index (κ2) is 7.49. The van der Waals surface area contributed by atoms with E-state index in [1.807, 2.05) is 49.4 Å². The van der Waals surface area contributed by atoms with Crippen molar-refractivity contribution in [3.8, 4) is 5.75 Å². The van der Waals surface area contributed by atoms with Gasteiger partial charge in [-0.15, -0.1) is 0 Å². The number of para-hydroxylation sites is 2. The number of rotatable bonds is 5. The molecule has 1 saturated heterocycles. The van der Waals surface area contributed by atoms with Crippen LogP contribution in [0.25, 0.3) is 0 Å². The monoisotopic (exact) mass is 325 g/mol. The van der Waals surface area contributed by atoms with Gasteiger partial charge >= 0.3 is 0 Å². The zero-order valence-corrected chi connectivity index (χ0v) is 14.2. The second-order valence-electron chi connectivity index (χ2n) is 5.95. The van der Waals surface area contributed by atoms with Crippen LogP contribution in [0, 0.1) is 0 Å². The highest BCUT2D eigenvalue weighted by atomic mass is 16.5. The zero-order valence-electron chi connectivity index (χ0n) is 14.2. The molecule has 1 amide bonds. The first-order valence-corrected chi connectivity index (χ1v) is 8.38. The molecule has 1 fully saturated rings. The number of benzene rings is 2. The predicted octanol–water partition coefficient (Wildman–Crippen LogP) is 3.87. The lowest BCUT2D eigenvalue weighted by atomic mass is 9.96. The van der Waals surface area contributed by atoms with E-state index in [0.29, 0.717) is 18.1 Å². The maximum absolute atomic E-state index is 12.9. The molecule has 0 aromatic heterocycles. The number of anilines is 1. The maximum Gasteiger partial charge on any atom is 0.258 e. The minimum atomic E-state index is -0.0390. The number of carbonyl (C=O) groups excluding carboxylic acids is 1. The Morgan fingerprint density at radius 2 is 2.08 bits per heavy atom. The number of hydrogen-bond acceptors (Lipinski definition) is 3. The number of hydrogen-bond donors (Lipinski definition) is 0. The van der Waals surface area contributed by atoms with Gasteiger partial charge in [-0.2, -0.15) is 0 Å². The average Bonchev–Trinajstić information content (AvgIpc) is 3.16. The Bertz CT molecular complexity index is 708. The third kappa shape index (κ3) is 3.44. The number of carbonyl (C=O) groups is 1. The van der Waals surface area contributed by atoms with Crippen molar-refractivity contribution >= 4 is 11.6 Å². The summed E-state index contributed by atoms with van der Waals surface area (Å²) in [5, 5.41) is 0. The van der Waals surface area contributed by atoms with E-state index in [2.05, 4.69) is 6.07 Å². The molecule has 4 nitrogen and oxygen atoms in total. The highest BCUT2D eigenvalue weighted by Gasteiger charge is 2.21. The molecule has 1 heterocycles. The molecule has 2 aromatic carbocycles. The summed E-state index contributed by atoms with van der Waals surface area (Å²) in [7, 11) is 1.78. The summed E-state index contributed by atoms with van der Waals surface area (Å²) in [6, 6.07) is 15.5. The van der Waals surface area contributed by atoms with Gasteiger partial charge < -0.3 is 14.4 Å². The van der Waals surface area contributed by atoms with E-state index in [1.165, 1.54) is 5.56 Å². The van der Waals surface area contributed by atoms with Gasteiger partial charge in [0.15, 0.2) is 0 Å². The summed E-state index contributed by atoms with van der Waals surface area (Å²) in [6.45, 7) is 4.03. The highest BCUT2D eigenvalue weighted by molar-refractivity contribution is 6.06. The van der Waals surface area contributed by atoms with Gasteiger partial charge in [0.2, 0.25) is 0 Å². The van der Waals surface area contributed by atoms with Crippen molar-refractivity contribution in [1.29, 1.82) is 0 Å². The number of nitrogens with zero attached hydrogens (tertiary/aromatic N) is 1. The van der Waals surface area contributed by atoms with E-state index in [1.54, 1.807) is 11.9 Å². The molecular weight excluding hydrogens is 302 g/mol. The molecule has 4 heteroatoms. The van der Waals surface area contributed by atoms with Gasteiger partial charge in [-0.1, -0.05) is 24.3 Å². The first-order valence-electron chi connectivity index (χ1n) is 8.38. The van der Waals surface area contributed by atoms with E-state index in [9.17, 15) is 4.79 Å². The molecule has 0 N–H and O–H groups in total. The molecule has 2 aromatic rings. The van der Waals surface area contributed by atoms with Crippen molar-refractivity contribution in [3.05, 3.63) is 59.7 Å². The summed E-state index contributed by atoms with van der Waals surface area (Å²) >= 11 is 0. The van der Waals surface area contributed by atoms with Crippen LogP contribution in [0.2, 0.25) is 0 Å². The average molecular weight is 325 g/mol. The fraction of sp³-hybridized carbons (Fsp3) is 0.350. The third-order valence-corrected chi connectivity index (χ3v) is 4.37. The highest BCUT2D eigenvalue weighted by Crippen LogP contribution is 2.29. The molecule has 0 saturated carbocycles. The first-order chi connectivity index (χ1) is 11.7. The maximum atomic E-state index is 12.9. The summed E-state index contributed by atoms with van der Waals surface area (Å²) in [6.07, 6.45) is 1.01. The number of ether oxygens (including phenoxy) is 2. The Labute approximate surface area is 143 Å². The fourth-order valence-electron chi connectivity index (χ4n) is 3.04. The molecule has 24 heavy (non-hydrogen) atoms. The van der Waals surface area contributed by atoms with Crippen molar-refractivity contribution in [2.75, 3.05) is 31.8 Å². The topological polar surface area (TPSA) is 38.8 Å². The molecule has 0 radical (unpaired) electrons. The van der Waals surface area contributed by atoms with Gasteiger partial charge in [-0.25, -0.2) is 0 Å². The molecule has 0 bridgehead atoms. The lowest BCUT2D eigenvalue weighted by Gasteiger charge is -2.21. The van der Waals surface area contributed by atoms with Crippen molar-refractivity contribution in [3.63, 3.8) is 0 Å². The van der Waals surface area contributed by atoms with Gasteiger partial charge in [0.25, 0.3) is 5.91 Å². The van der Waals surface area contributed by atoms with E-state index in [0.717, 1.165) is 31.1 Å². The first kappa shape index (κ1) is 16.5. The fourth-order valence-corrected chi connectivity index (χ4v) is 3.04. The normalized spacial score (nSPS) is 16.8. The molecule has 1 atom stereocenters. The minimum Gasteiger partial charge on any atom is -0.492 e. The Kier molecular flexibility index (Phi) is 5.16. The molecule has 1 aliphatic rings. The van der Waals surface area contributed by atoms with Crippen molar-refractivity contribution in [2.45, 2.75) is 19.3 Å². The number of amides is 1. The van der Waals surface area contributed by atoms with Crippen molar-refractivity contribution in [1.82, 2.24) is 0 Å². The smallest absolute Gasteiger partial charge is 0.258 e. The lowest BCUT2D eigenvalue weighted by molar-refractivity contribution is 0.0992. The van der Waals surface area contributed by atoms with Crippen LogP contribution in [0.1, 0.15) is 35.2 Å².